The van der Waals surface area contributed by atoms with Crippen LogP contribution in [0.1, 0.15) is 34.7 Å². The second-order valence-corrected chi connectivity index (χ2v) is 8.97. The van der Waals surface area contributed by atoms with Crippen molar-refractivity contribution in [3.8, 4) is 0 Å². The topological polar surface area (TPSA) is 63.6 Å². The first-order chi connectivity index (χ1) is 17.3. The molecule has 10 heteroatoms. The molecule has 0 saturated carbocycles. The first kappa shape index (κ1) is 25.8. The Labute approximate surface area is 211 Å². The summed E-state index contributed by atoms with van der Waals surface area (Å²) < 4.78 is 47.4. The van der Waals surface area contributed by atoms with Crippen molar-refractivity contribution in [2.45, 2.75) is 25.3 Å². The highest BCUT2D eigenvalue weighted by Gasteiger charge is 2.28. The van der Waals surface area contributed by atoms with Crippen LogP contribution in [0.4, 0.5) is 24.5 Å². The predicted octanol–water partition coefficient (Wildman–Crippen LogP) is 5.33. The fraction of sp³-hybridized carbons (Fsp3) is 0.308. The number of nitrogens with one attached hydrogen (secondary N) is 1. The van der Waals surface area contributed by atoms with E-state index in [4.69, 9.17) is 16.3 Å². The molecule has 2 aromatic carbocycles. The first-order valence-corrected chi connectivity index (χ1v) is 11.8. The summed E-state index contributed by atoms with van der Waals surface area (Å²) in [4.78, 5) is 28.1. The van der Waals surface area contributed by atoms with Gasteiger partial charge in [-0.15, -0.1) is 0 Å². The van der Waals surface area contributed by atoms with E-state index in [1.807, 2.05) is 0 Å². The van der Waals surface area contributed by atoms with Crippen LogP contribution in [0.15, 0.2) is 53.5 Å². The van der Waals surface area contributed by atoms with E-state index < -0.39 is 17.2 Å². The Morgan fingerprint density at radius 1 is 1.08 bits per heavy atom. The number of piperidine rings is 1. The molecule has 1 amide bonds. The molecule has 1 aliphatic rings. The van der Waals surface area contributed by atoms with Gasteiger partial charge in [-0.05, 0) is 48.6 Å². The second-order valence-electron chi connectivity index (χ2n) is 8.59. The fourth-order valence-corrected chi connectivity index (χ4v) is 4.57. The molecule has 0 aliphatic carbocycles. The van der Waals surface area contributed by atoms with Crippen molar-refractivity contribution in [3.63, 3.8) is 0 Å². The van der Waals surface area contributed by atoms with Gasteiger partial charge in [0.05, 0.1) is 23.5 Å². The number of hydrogen-bond acceptors (Lipinski definition) is 4. The van der Waals surface area contributed by atoms with Crippen LogP contribution in [0.25, 0.3) is 0 Å². The van der Waals surface area contributed by atoms with Crippen molar-refractivity contribution in [2.24, 2.45) is 0 Å². The Morgan fingerprint density at radius 2 is 1.75 bits per heavy atom. The molecular weight excluding hydrogens is 495 g/mol. The van der Waals surface area contributed by atoms with Crippen molar-refractivity contribution < 1.29 is 22.7 Å². The minimum absolute atomic E-state index is 0.0495. The highest BCUT2D eigenvalue weighted by atomic mass is 35.5. The van der Waals surface area contributed by atoms with Crippen molar-refractivity contribution in [1.82, 2.24) is 9.47 Å². The van der Waals surface area contributed by atoms with E-state index >= 15 is 0 Å². The maximum Gasteiger partial charge on any atom is 0.271 e. The van der Waals surface area contributed by atoms with Crippen LogP contribution in [0, 0.1) is 17.5 Å². The molecule has 190 valence electrons. The molecule has 36 heavy (non-hydrogen) atoms. The quantitative estimate of drug-likeness (QED) is 0.458. The predicted molar refractivity (Wildman–Crippen MR) is 132 cm³/mol. The highest BCUT2D eigenvalue weighted by Crippen LogP contribution is 2.32. The lowest BCUT2D eigenvalue weighted by Gasteiger charge is -2.33. The van der Waals surface area contributed by atoms with Gasteiger partial charge < -0.3 is 19.5 Å². The minimum Gasteiger partial charge on any atom is -0.383 e. The maximum atomic E-state index is 14.4. The number of likely N-dealkylation sites (tertiary alicyclic amines) is 1. The van der Waals surface area contributed by atoms with Crippen molar-refractivity contribution in [1.29, 1.82) is 0 Å². The Bertz CT molecular complexity index is 1310. The normalized spacial score (nSPS) is 14.2. The number of carbonyl (C=O) groups excluding carboxylic acids is 1. The molecule has 0 unspecified atom stereocenters. The number of methoxy groups -OCH3 is 1. The van der Waals surface area contributed by atoms with Crippen LogP contribution in [0.5, 0.6) is 0 Å². The molecule has 0 spiro atoms. The summed E-state index contributed by atoms with van der Waals surface area (Å²) >= 11 is 6.38. The van der Waals surface area contributed by atoms with Crippen LogP contribution < -0.4 is 10.9 Å². The zero-order valence-electron chi connectivity index (χ0n) is 19.6. The second kappa shape index (κ2) is 11.2. The Balaban J connectivity index is 1.64. The average Bonchev–Trinajstić information content (AvgIpc) is 2.88. The number of aromatic nitrogens is 1. The number of amides is 1. The summed E-state index contributed by atoms with van der Waals surface area (Å²) in [6.45, 7) is 1.24. The van der Waals surface area contributed by atoms with Gasteiger partial charge in [0.2, 0.25) is 0 Å². The third-order valence-electron chi connectivity index (χ3n) is 6.30. The molecule has 1 aliphatic heterocycles. The molecule has 1 saturated heterocycles. The van der Waals surface area contributed by atoms with E-state index in [0.717, 1.165) is 11.6 Å². The molecular formula is C26H25ClF3N3O3. The average molecular weight is 520 g/mol. The summed E-state index contributed by atoms with van der Waals surface area (Å²) in [7, 11) is 1.48. The number of rotatable bonds is 7. The van der Waals surface area contributed by atoms with Crippen LogP contribution in [-0.2, 0) is 11.3 Å². The van der Waals surface area contributed by atoms with Crippen LogP contribution >= 0.6 is 11.6 Å². The molecule has 0 atom stereocenters. The third kappa shape index (κ3) is 5.57. The first-order valence-electron chi connectivity index (χ1n) is 11.5. The Kier molecular flexibility index (Phi) is 8.01. The zero-order valence-corrected chi connectivity index (χ0v) is 20.3. The molecule has 3 aromatic rings. The summed E-state index contributed by atoms with van der Waals surface area (Å²) in [5, 5.41) is 2.43. The molecule has 1 N–H and O–H groups in total. The SMILES string of the molecule is COCCn1cc(C(=O)N2CCC(c3ccc(F)cc3)CC2)c(Nc2ccc(F)cc2F)c(Cl)c1=O. The van der Waals surface area contributed by atoms with E-state index in [2.05, 4.69) is 5.32 Å². The number of ether oxygens (including phenoxy) is 1. The standard InChI is InChI=1S/C26H25ClF3N3O3/c1-36-13-12-33-15-20(24(23(27)26(33)35)31-22-7-6-19(29)14-21(22)30)25(34)32-10-8-17(9-11-32)16-2-4-18(28)5-3-16/h2-7,14-15,17,31H,8-13H2,1H3. The number of hydrogen-bond donors (Lipinski definition) is 1. The number of pyridine rings is 1. The van der Waals surface area contributed by atoms with E-state index in [0.29, 0.717) is 32.0 Å². The largest absolute Gasteiger partial charge is 0.383 e. The van der Waals surface area contributed by atoms with Gasteiger partial charge in [-0.1, -0.05) is 23.7 Å². The van der Waals surface area contributed by atoms with E-state index in [1.165, 1.54) is 36.1 Å². The van der Waals surface area contributed by atoms with Gasteiger partial charge >= 0.3 is 0 Å². The molecule has 4 rings (SSSR count). The van der Waals surface area contributed by atoms with Crippen LogP contribution in [-0.4, -0.2) is 42.2 Å². The molecule has 1 fully saturated rings. The van der Waals surface area contributed by atoms with Gasteiger partial charge in [0.25, 0.3) is 11.5 Å². The fourth-order valence-electron chi connectivity index (χ4n) is 4.32. The van der Waals surface area contributed by atoms with E-state index in [9.17, 15) is 22.8 Å². The third-order valence-corrected chi connectivity index (χ3v) is 6.65. The van der Waals surface area contributed by atoms with Crippen molar-refractivity contribution in [2.75, 3.05) is 32.1 Å². The highest BCUT2D eigenvalue weighted by molar-refractivity contribution is 6.34. The van der Waals surface area contributed by atoms with Gasteiger partial charge in [-0.25, -0.2) is 13.2 Å². The summed E-state index contributed by atoms with van der Waals surface area (Å²) in [5.74, 6) is -2.16. The number of nitrogens with zero attached hydrogens (tertiary/aromatic N) is 2. The molecule has 0 radical (unpaired) electrons. The zero-order chi connectivity index (χ0) is 25.8. The number of carbonyl (C=O) groups is 1. The Hall–Kier alpha value is -3.30. The van der Waals surface area contributed by atoms with Crippen molar-refractivity contribution >= 4 is 28.9 Å². The van der Waals surface area contributed by atoms with Gasteiger partial charge in [-0.3, -0.25) is 9.59 Å². The summed E-state index contributed by atoms with van der Waals surface area (Å²) in [6, 6.07) is 9.26. The number of anilines is 2. The monoisotopic (exact) mass is 519 g/mol. The molecule has 2 heterocycles. The van der Waals surface area contributed by atoms with Crippen LogP contribution in [0.2, 0.25) is 5.02 Å². The molecule has 1 aromatic heterocycles. The maximum absolute atomic E-state index is 14.4. The lowest BCUT2D eigenvalue weighted by molar-refractivity contribution is 0.0712. The van der Waals surface area contributed by atoms with Gasteiger partial charge in [0.1, 0.15) is 22.5 Å². The van der Waals surface area contributed by atoms with Crippen molar-refractivity contribution in [3.05, 3.63) is 92.6 Å². The lowest BCUT2D eigenvalue weighted by Crippen LogP contribution is -2.39. The number of benzene rings is 2. The van der Waals surface area contributed by atoms with Gasteiger partial charge in [-0.2, -0.15) is 0 Å². The van der Waals surface area contributed by atoms with Crippen LogP contribution in [0.3, 0.4) is 0 Å². The number of halogens is 4. The lowest BCUT2D eigenvalue weighted by atomic mass is 9.89. The molecule has 0 bridgehead atoms. The summed E-state index contributed by atoms with van der Waals surface area (Å²) in [5.41, 5.74) is 0.335. The smallest absolute Gasteiger partial charge is 0.271 e. The van der Waals surface area contributed by atoms with E-state index in [-0.39, 0.29) is 52.8 Å². The van der Waals surface area contributed by atoms with E-state index in [1.54, 1.807) is 17.0 Å². The van der Waals surface area contributed by atoms with Gasteiger partial charge in [0.15, 0.2) is 0 Å². The van der Waals surface area contributed by atoms with Gasteiger partial charge in [0, 0.05) is 39.0 Å². The summed E-state index contributed by atoms with van der Waals surface area (Å²) in [6.07, 6.45) is 2.72. The minimum atomic E-state index is -0.895. The molecule has 6 nitrogen and oxygen atoms in total. The Morgan fingerprint density at radius 3 is 2.39 bits per heavy atom.